The quantitative estimate of drug-likeness (QED) is 0.753. The van der Waals surface area contributed by atoms with Crippen molar-refractivity contribution in [3.8, 4) is 0 Å². The molecule has 1 aliphatic rings. The third-order valence-electron chi connectivity index (χ3n) is 3.72. The lowest BCUT2D eigenvalue weighted by atomic mass is 9.68. The van der Waals surface area contributed by atoms with Crippen LogP contribution in [-0.2, 0) is 4.79 Å². The maximum atomic E-state index is 11.8. The fourth-order valence-electron chi connectivity index (χ4n) is 2.84. The van der Waals surface area contributed by atoms with Gasteiger partial charge in [0.2, 0.25) is 5.91 Å². The van der Waals surface area contributed by atoms with E-state index in [1.165, 1.54) is 0 Å². The highest BCUT2D eigenvalue weighted by molar-refractivity contribution is 8.01. The van der Waals surface area contributed by atoms with Gasteiger partial charge in [0.25, 0.3) is 0 Å². The highest BCUT2D eigenvalue weighted by Gasteiger charge is 2.43. The van der Waals surface area contributed by atoms with Crippen LogP contribution in [0.3, 0.4) is 0 Å². The Morgan fingerprint density at radius 3 is 2.17 bits per heavy atom. The fourth-order valence-corrected chi connectivity index (χ4v) is 4.56. The van der Waals surface area contributed by atoms with Gasteiger partial charge in [-0.25, -0.2) is 0 Å². The summed E-state index contributed by atoms with van der Waals surface area (Å²) >= 11 is 0. The van der Waals surface area contributed by atoms with Crippen molar-refractivity contribution in [3.05, 3.63) is 0 Å². The molecule has 1 N–H and O–H groups in total. The first-order chi connectivity index (χ1) is 8.07. The summed E-state index contributed by atoms with van der Waals surface area (Å²) < 4.78 is 2.34. The molecule has 1 aliphatic heterocycles. The second-order valence-electron chi connectivity index (χ2n) is 7.34. The number of carbonyl (C=O) groups is 1. The Hall–Kier alpha value is 0.290. The minimum Gasteiger partial charge on any atom is -0.355 e. The van der Waals surface area contributed by atoms with E-state index in [2.05, 4.69) is 60.5 Å². The first kappa shape index (κ1) is 16.3. The second-order valence-corrected chi connectivity index (χ2v) is 8.95. The van der Waals surface area contributed by atoms with Gasteiger partial charge in [0.1, 0.15) is 0 Å². The van der Waals surface area contributed by atoms with Gasteiger partial charge in [0.15, 0.2) is 0 Å². The van der Waals surface area contributed by atoms with Crippen molar-refractivity contribution < 1.29 is 4.79 Å². The summed E-state index contributed by atoms with van der Waals surface area (Å²) in [5, 5.41) is 3.08. The summed E-state index contributed by atoms with van der Waals surface area (Å²) in [7, 11) is 3.39. The topological polar surface area (TPSA) is 32.3 Å². The van der Waals surface area contributed by atoms with Gasteiger partial charge in [0, 0.05) is 12.6 Å². The lowest BCUT2D eigenvalue weighted by Gasteiger charge is -2.47. The predicted octanol–water partition coefficient (Wildman–Crippen LogP) is 2.88. The monoisotopic (exact) mass is 290 g/mol. The first-order valence-electron chi connectivity index (χ1n) is 6.57. The van der Waals surface area contributed by atoms with Crippen LogP contribution in [0.2, 0.25) is 0 Å². The molecular weight excluding hydrogens is 262 g/mol. The Morgan fingerprint density at radius 1 is 1.22 bits per heavy atom. The third kappa shape index (κ3) is 3.89. The Morgan fingerprint density at radius 2 is 1.78 bits per heavy atom. The Bertz CT molecular complexity index is 307. The van der Waals surface area contributed by atoms with Crippen LogP contribution < -0.4 is 5.32 Å². The van der Waals surface area contributed by atoms with Crippen LogP contribution in [0.4, 0.5) is 0 Å². The molecule has 4 atom stereocenters. The molecule has 0 bridgehead atoms. The molecule has 0 aromatic carbocycles. The van der Waals surface area contributed by atoms with E-state index in [0.717, 1.165) is 6.54 Å². The normalized spacial score (nSPS) is 28.5. The van der Waals surface area contributed by atoms with Crippen molar-refractivity contribution in [1.82, 2.24) is 9.99 Å². The van der Waals surface area contributed by atoms with Crippen molar-refractivity contribution in [2.75, 3.05) is 13.1 Å². The number of nitrogens with one attached hydrogen (secondary N) is 1. The van der Waals surface area contributed by atoms with E-state index < -0.39 is 0 Å². The van der Waals surface area contributed by atoms with Gasteiger partial charge in [-0.15, -0.1) is 0 Å². The molecule has 1 amide bonds. The summed E-state index contributed by atoms with van der Waals surface area (Å²) in [6, 6.07) is 0.423. The van der Waals surface area contributed by atoms with Gasteiger partial charge >= 0.3 is 0 Å². The minimum absolute atomic E-state index is 0.158. The van der Waals surface area contributed by atoms with Gasteiger partial charge in [-0.05, 0) is 25.2 Å². The van der Waals surface area contributed by atoms with Gasteiger partial charge in [-0.3, -0.25) is 9.46 Å². The molecule has 3 nitrogen and oxygen atoms in total. The van der Waals surface area contributed by atoms with Gasteiger partial charge < -0.3 is 5.32 Å². The summed E-state index contributed by atoms with van der Waals surface area (Å²) in [5.41, 5.74) is 0.367. The van der Waals surface area contributed by atoms with Crippen LogP contribution >= 0.6 is 17.3 Å². The highest BCUT2D eigenvalue weighted by atomic mass is 32.0. The average Bonchev–Trinajstić information content (AvgIpc) is 2.34. The molecule has 1 fully saturated rings. The van der Waals surface area contributed by atoms with E-state index in [-0.39, 0.29) is 16.7 Å². The van der Waals surface area contributed by atoms with E-state index in [1.807, 2.05) is 0 Å². The van der Waals surface area contributed by atoms with Crippen LogP contribution in [0.5, 0.6) is 0 Å². The molecule has 4 unspecified atom stereocenters. The molecule has 18 heavy (non-hydrogen) atoms. The van der Waals surface area contributed by atoms with Crippen molar-refractivity contribution in [2.24, 2.45) is 16.7 Å². The highest BCUT2D eigenvalue weighted by Crippen LogP contribution is 2.45. The Labute approximate surface area is 116 Å². The second kappa shape index (κ2) is 5.73. The van der Waals surface area contributed by atoms with E-state index in [1.54, 1.807) is 0 Å². The summed E-state index contributed by atoms with van der Waals surface area (Å²) in [4.78, 5) is 11.8. The van der Waals surface area contributed by atoms with Crippen LogP contribution in [0.1, 0.15) is 41.5 Å². The molecule has 106 valence electrons. The largest absolute Gasteiger partial charge is 0.355 e. The fraction of sp³-hybridized carbons (Fsp3) is 0.923. The lowest BCUT2D eigenvalue weighted by molar-refractivity contribution is -0.120. The molecule has 0 aromatic heterocycles. The van der Waals surface area contributed by atoms with E-state index in [4.69, 9.17) is 0 Å². The van der Waals surface area contributed by atoms with Gasteiger partial charge in [0.05, 0.1) is 6.54 Å². The van der Waals surface area contributed by atoms with Crippen molar-refractivity contribution in [2.45, 2.75) is 47.6 Å². The van der Waals surface area contributed by atoms with E-state index in [0.29, 0.717) is 26.9 Å². The predicted molar refractivity (Wildman–Crippen MR) is 83.9 cm³/mol. The molecule has 1 saturated heterocycles. The molecular formula is C13H28N2OP2. The van der Waals surface area contributed by atoms with Crippen LogP contribution in [0.15, 0.2) is 0 Å². The lowest BCUT2D eigenvalue weighted by Crippen LogP contribution is -2.49. The zero-order valence-electron chi connectivity index (χ0n) is 12.5. The molecule has 1 heterocycles. The van der Waals surface area contributed by atoms with Gasteiger partial charge in [-0.1, -0.05) is 50.5 Å². The summed E-state index contributed by atoms with van der Waals surface area (Å²) in [6.07, 6.45) is 0. The van der Waals surface area contributed by atoms with E-state index >= 15 is 0 Å². The van der Waals surface area contributed by atoms with E-state index in [9.17, 15) is 4.79 Å². The van der Waals surface area contributed by atoms with Crippen LogP contribution in [0, 0.1) is 16.7 Å². The number of rotatable bonds is 1. The summed E-state index contributed by atoms with van der Waals surface area (Å²) in [6.45, 7) is 15.0. The summed E-state index contributed by atoms with van der Waals surface area (Å²) in [5.74, 6) is 0.628. The number of carbonyl (C=O) groups excluding carboxylic acids is 1. The Kier molecular flexibility index (Phi) is 5.21. The maximum Gasteiger partial charge on any atom is 0.234 e. The average molecular weight is 290 g/mol. The zero-order valence-corrected chi connectivity index (χ0v) is 14.7. The Balaban J connectivity index is 3.15. The zero-order chi connectivity index (χ0) is 14.1. The molecule has 0 aromatic rings. The molecule has 0 spiro atoms. The number of nitrogens with zero attached hydrogens (tertiary/aromatic N) is 1. The standard InChI is InChI=1S/C13H28N2OP2/c1-12(2,3)9-7-14-10(16)8-15(18-17)11(9)13(4,5)6/h9,11,18H,7-8,17H2,1-6H3,(H,14,16). The number of amides is 1. The van der Waals surface area contributed by atoms with Gasteiger partial charge in [-0.2, -0.15) is 0 Å². The van der Waals surface area contributed by atoms with Crippen LogP contribution in [0.25, 0.3) is 0 Å². The molecule has 0 radical (unpaired) electrons. The first-order valence-corrected chi connectivity index (χ1v) is 9.32. The van der Waals surface area contributed by atoms with Crippen LogP contribution in [-0.4, -0.2) is 29.7 Å². The molecule has 0 saturated carbocycles. The number of hydrogen-bond acceptors (Lipinski definition) is 2. The maximum absolute atomic E-state index is 11.8. The van der Waals surface area contributed by atoms with Crippen molar-refractivity contribution in [1.29, 1.82) is 0 Å². The SMILES string of the molecule is CC(C)(C)C1CNC(=O)CN(PP)C1C(C)(C)C. The molecule has 5 heteroatoms. The van der Waals surface area contributed by atoms with Crippen molar-refractivity contribution in [3.63, 3.8) is 0 Å². The number of hydrogen-bond donors (Lipinski definition) is 1. The molecule has 0 aliphatic carbocycles. The molecule has 1 rings (SSSR count). The van der Waals surface area contributed by atoms with Crippen molar-refractivity contribution >= 4 is 23.3 Å². The minimum atomic E-state index is 0.158. The smallest absolute Gasteiger partial charge is 0.234 e. The third-order valence-corrected chi connectivity index (χ3v) is 5.48.